The number of aromatic nitrogens is 1. The van der Waals surface area contributed by atoms with Crippen molar-refractivity contribution in [1.82, 2.24) is 4.98 Å². The zero-order valence-corrected chi connectivity index (χ0v) is 10.8. The van der Waals surface area contributed by atoms with E-state index in [4.69, 9.17) is 5.73 Å². The molecule has 0 radical (unpaired) electrons. The van der Waals surface area contributed by atoms with Gasteiger partial charge >= 0.3 is 0 Å². The van der Waals surface area contributed by atoms with Gasteiger partial charge in [0.25, 0.3) is 5.91 Å². The van der Waals surface area contributed by atoms with Crippen molar-refractivity contribution in [3.8, 4) is 0 Å². The molecule has 100 valence electrons. The lowest BCUT2D eigenvalue weighted by atomic mass is 10.3. The molecule has 1 heterocycles. The van der Waals surface area contributed by atoms with Crippen molar-refractivity contribution in [2.24, 2.45) is 5.73 Å². The van der Waals surface area contributed by atoms with E-state index < -0.39 is 17.5 Å². The molecule has 1 atom stereocenters. The van der Waals surface area contributed by atoms with Crippen LogP contribution in [0.5, 0.6) is 0 Å². The first-order chi connectivity index (χ1) is 8.97. The van der Waals surface area contributed by atoms with Gasteiger partial charge in [0, 0.05) is 11.4 Å². The fraction of sp³-hybridized carbons (Fsp3) is 0.167. The lowest BCUT2D eigenvalue weighted by molar-refractivity contribution is 0.102. The Labute approximate surface area is 112 Å². The number of benzene rings is 1. The van der Waals surface area contributed by atoms with Crippen LogP contribution in [0.1, 0.15) is 28.5 Å². The molecule has 7 heteroatoms. The number of rotatable bonds is 3. The van der Waals surface area contributed by atoms with Gasteiger partial charge in [0.05, 0.1) is 11.7 Å². The molecule has 0 bridgehead atoms. The summed E-state index contributed by atoms with van der Waals surface area (Å²) in [4.78, 5) is 15.8. The predicted molar refractivity (Wildman–Crippen MR) is 69.0 cm³/mol. The largest absolute Gasteiger partial charge is 0.322 e. The highest BCUT2D eigenvalue weighted by Crippen LogP contribution is 2.19. The number of amides is 1. The van der Waals surface area contributed by atoms with Gasteiger partial charge in [-0.25, -0.2) is 13.8 Å². The molecular weight excluding hydrogens is 272 g/mol. The second-order valence-electron chi connectivity index (χ2n) is 3.94. The van der Waals surface area contributed by atoms with Crippen LogP contribution in [0.3, 0.4) is 0 Å². The second-order valence-corrected chi connectivity index (χ2v) is 4.83. The first-order valence-electron chi connectivity index (χ1n) is 5.45. The van der Waals surface area contributed by atoms with Crippen LogP contribution in [0.4, 0.5) is 14.5 Å². The van der Waals surface area contributed by atoms with Gasteiger partial charge in [-0.1, -0.05) is 0 Å². The smallest absolute Gasteiger partial charge is 0.275 e. The molecule has 1 aromatic carbocycles. The van der Waals surface area contributed by atoms with Crippen LogP contribution in [0.15, 0.2) is 23.6 Å². The first kappa shape index (κ1) is 13.6. The quantitative estimate of drug-likeness (QED) is 0.910. The van der Waals surface area contributed by atoms with Crippen molar-refractivity contribution in [2.45, 2.75) is 13.0 Å². The Hall–Kier alpha value is -1.86. The van der Waals surface area contributed by atoms with E-state index in [1.165, 1.54) is 16.7 Å². The number of thiazole rings is 1. The maximum absolute atomic E-state index is 13.4. The zero-order valence-electron chi connectivity index (χ0n) is 9.98. The minimum atomic E-state index is -0.711. The summed E-state index contributed by atoms with van der Waals surface area (Å²) in [5.74, 6) is -1.95. The Morgan fingerprint density at radius 1 is 1.47 bits per heavy atom. The summed E-state index contributed by atoms with van der Waals surface area (Å²) in [6.45, 7) is 1.74. The summed E-state index contributed by atoms with van der Waals surface area (Å²) < 4.78 is 26.3. The number of hydrogen-bond donors (Lipinski definition) is 2. The molecule has 2 rings (SSSR count). The van der Waals surface area contributed by atoms with Crippen LogP contribution in [-0.2, 0) is 0 Å². The molecule has 1 unspecified atom stereocenters. The number of carbonyl (C=O) groups excluding carboxylic acids is 1. The summed E-state index contributed by atoms with van der Waals surface area (Å²) in [7, 11) is 0. The molecule has 2 aromatic rings. The predicted octanol–water partition coefficient (Wildman–Crippen LogP) is 2.69. The number of nitrogens with two attached hydrogens (primary N) is 1. The van der Waals surface area contributed by atoms with E-state index in [9.17, 15) is 13.6 Å². The molecule has 0 spiro atoms. The minimum Gasteiger partial charge on any atom is -0.322 e. The molecule has 0 saturated carbocycles. The Kier molecular flexibility index (Phi) is 3.87. The molecule has 19 heavy (non-hydrogen) atoms. The lowest BCUT2D eigenvalue weighted by Gasteiger charge is -2.04. The third-order valence-electron chi connectivity index (χ3n) is 2.32. The van der Waals surface area contributed by atoms with Gasteiger partial charge in [-0.05, 0) is 19.1 Å². The van der Waals surface area contributed by atoms with Crippen LogP contribution in [0.25, 0.3) is 0 Å². The first-order valence-corrected chi connectivity index (χ1v) is 6.32. The van der Waals surface area contributed by atoms with Gasteiger partial charge < -0.3 is 11.1 Å². The summed E-state index contributed by atoms with van der Waals surface area (Å²) in [5, 5.41) is 4.39. The van der Waals surface area contributed by atoms with Crippen molar-refractivity contribution in [2.75, 3.05) is 5.32 Å². The summed E-state index contributed by atoms with van der Waals surface area (Å²) in [6, 6.07) is 2.55. The van der Waals surface area contributed by atoms with E-state index >= 15 is 0 Å². The molecule has 4 nitrogen and oxygen atoms in total. The fourth-order valence-corrected chi connectivity index (χ4v) is 2.14. The van der Waals surface area contributed by atoms with Gasteiger partial charge in [0.2, 0.25) is 0 Å². The van der Waals surface area contributed by atoms with Gasteiger partial charge in [-0.3, -0.25) is 4.79 Å². The Balaban J connectivity index is 2.18. The Morgan fingerprint density at radius 3 is 2.84 bits per heavy atom. The van der Waals surface area contributed by atoms with Crippen molar-refractivity contribution in [1.29, 1.82) is 0 Å². The summed E-state index contributed by atoms with van der Waals surface area (Å²) in [5.41, 5.74) is 5.53. The third-order valence-corrected chi connectivity index (χ3v) is 3.37. The molecular formula is C12H11F2N3OS. The number of halogens is 2. The lowest BCUT2D eigenvalue weighted by Crippen LogP contribution is -2.14. The average molecular weight is 283 g/mol. The van der Waals surface area contributed by atoms with Crippen LogP contribution in [-0.4, -0.2) is 10.9 Å². The summed E-state index contributed by atoms with van der Waals surface area (Å²) in [6.07, 6.45) is 0. The minimum absolute atomic E-state index is 0.126. The zero-order chi connectivity index (χ0) is 14.0. The average Bonchev–Trinajstić information content (AvgIpc) is 2.83. The van der Waals surface area contributed by atoms with Gasteiger partial charge in [0.15, 0.2) is 0 Å². The molecule has 0 aliphatic rings. The maximum Gasteiger partial charge on any atom is 0.275 e. The number of nitrogens with zero attached hydrogens (tertiary/aromatic N) is 1. The van der Waals surface area contributed by atoms with Gasteiger partial charge in [-0.15, -0.1) is 11.3 Å². The Bertz CT molecular complexity index is 613. The number of carbonyl (C=O) groups is 1. The molecule has 0 aliphatic heterocycles. The molecule has 0 saturated heterocycles. The van der Waals surface area contributed by atoms with Crippen molar-refractivity contribution >= 4 is 22.9 Å². The van der Waals surface area contributed by atoms with Gasteiger partial charge in [0.1, 0.15) is 22.3 Å². The van der Waals surface area contributed by atoms with Crippen LogP contribution in [0.2, 0.25) is 0 Å². The fourth-order valence-electron chi connectivity index (χ4n) is 1.38. The highest BCUT2D eigenvalue weighted by molar-refractivity contribution is 7.09. The Morgan fingerprint density at radius 2 is 2.21 bits per heavy atom. The van der Waals surface area contributed by atoms with E-state index in [-0.39, 0.29) is 17.4 Å². The van der Waals surface area contributed by atoms with E-state index in [1.54, 1.807) is 6.92 Å². The normalized spacial score (nSPS) is 12.2. The van der Waals surface area contributed by atoms with Crippen LogP contribution < -0.4 is 11.1 Å². The number of hydrogen-bond acceptors (Lipinski definition) is 4. The van der Waals surface area contributed by atoms with Crippen LogP contribution >= 0.6 is 11.3 Å². The van der Waals surface area contributed by atoms with Gasteiger partial charge in [-0.2, -0.15) is 0 Å². The highest BCUT2D eigenvalue weighted by Gasteiger charge is 2.14. The monoisotopic (exact) mass is 283 g/mol. The summed E-state index contributed by atoms with van der Waals surface area (Å²) >= 11 is 1.24. The second kappa shape index (κ2) is 5.41. The van der Waals surface area contributed by atoms with Crippen LogP contribution in [0, 0.1) is 11.6 Å². The van der Waals surface area contributed by atoms with Crippen molar-refractivity contribution in [3.63, 3.8) is 0 Å². The van der Waals surface area contributed by atoms with Crippen molar-refractivity contribution in [3.05, 3.63) is 45.9 Å². The standard InChI is InChI=1S/C12H11F2N3OS/c1-6(15)12-17-10(5-19-12)11(18)16-9-4-7(13)2-3-8(9)14/h2-6H,15H2,1H3,(H,16,18). The van der Waals surface area contributed by atoms with E-state index in [0.29, 0.717) is 5.01 Å². The topological polar surface area (TPSA) is 68.0 Å². The maximum atomic E-state index is 13.4. The number of nitrogens with one attached hydrogen (secondary N) is 1. The molecule has 0 aliphatic carbocycles. The molecule has 1 amide bonds. The third kappa shape index (κ3) is 3.12. The van der Waals surface area contributed by atoms with E-state index in [2.05, 4.69) is 10.3 Å². The van der Waals surface area contributed by atoms with E-state index in [0.717, 1.165) is 18.2 Å². The van der Waals surface area contributed by atoms with Crippen molar-refractivity contribution < 1.29 is 13.6 Å². The highest BCUT2D eigenvalue weighted by atomic mass is 32.1. The van der Waals surface area contributed by atoms with E-state index in [1.807, 2.05) is 0 Å². The SMILES string of the molecule is CC(N)c1nc(C(=O)Nc2cc(F)ccc2F)cs1. The molecule has 0 fully saturated rings. The molecule has 1 aromatic heterocycles. The molecule has 3 N–H and O–H groups in total. The number of anilines is 1.